The van der Waals surface area contributed by atoms with Gasteiger partial charge in [0.2, 0.25) is 5.91 Å². The molecular formula is C21H16ClF3N4O2. The molecule has 3 aromatic rings. The number of hydrogen-bond donors (Lipinski definition) is 1. The second kappa shape index (κ2) is 7.73. The molecular weight excluding hydrogens is 433 g/mol. The van der Waals surface area contributed by atoms with Crippen molar-refractivity contribution >= 4 is 34.8 Å². The van der Waals surface area contributed by atoms with E-state index in [1.807, 2.05) is 0 Å². The summed E-state index contributed by atoms with van der Waals surface area (Å²) in [4.78, 5) is 26.0. The molecule has 160 valence electrons. The number of hydrogen-bond acceptors (Lipinski definition) is 3. The van der Waals surface area contributed by atoms with Crippen LogP contribution in [0, 0.1) is 0 Å². The van der Waals surface area contributed by atoms with Gasteiger partial charge in [0.1, 0.15) is 0 Å². The van der Waals surface area contributed by atoms with Gasteiger partial charge in [-0.3, -0.25) is 9.59 Å². The van der Waals surface area contributed by atoms with E-state index in [2.05, 4.69) is 10.4 Å². The Morgan fingerprint density at radius 2 is 1.84 bits per heavy atom. The molecule has 0 unspecified atom stereocenters. The summed E-state index contributed by atoms with van der Waals surface area (Å²) < 4.78 is 42.1. The van der Waals surface area contributed by atoms with E-state index in [0.29, 0.717) is 28.4 Å². The number of nitrogens with one attached hydrogen (secondary N) is 1. The quantitative estimate of drug-likeness (QED) is 0.631. The fourth-order valence-corrected chi connectivity index (χ4v) is 3.70. The van der Waals surface area contributed by atoms with Crippen LogP contribution in [0.3, 0.4) is 0 Å². The van der Waals surface area contributed by atoms with Gasteiger partial charge in [-0.25, -0.2) is 4.68 Å². The molecule has 0 spiro atoms. The number of carbonyl (C=O) groups is 2. The van der Waals surface area contributed by atoms with Crippen LogP contribution in [-0.2, 0) is 17.4 Å². The number of rotatable bonds is 3. The van der Waals surface area contributed by atoms with Crippen LogP contribution in [0.25, 0.3) is 5.69 Å². The number of alkyl halides is 3. The molecule has 0 saturated heterocycles. The summed E-state index contributed by atoms with van der Waals surface area (Å²) in [6.07, 6.45) is -3.33. The van der Waals surface area contributed by atoms with Gasteiger partial charge >= 0.3 is 6.18 Å². The maximum Gasteiger partial charge on any atom is 0.434 e. The van der Waals surface area contributed by atoms with E-state index in [1.54, 1.807) is 23.1 Å². The summed E-state index contributed by atoms with van der Waals surface area (Å²) >= 11 is 5.80. The third kappa shape index (κ3) is 4.00. The largest absolute Gasteiger partial charge is 0.434 e. The number of halogens is 4. The highest BCUT2D eigenvalue weighted by molar-refractivity contribution is 6.30. The molecule has 0 fully saturated rings. The lowest BCUT2D eigenvalue weighted by molar-refractivity contribution is -0.143. The van der Waals surface area contributed by atoms with Crippen molar-refractivity contribution in [3.05, 3.63) is 70.5 Å². The third-order valence-corrected chi connectivity index (χ3v) is 5.22. The maximum absolute atomic E-state index is 13.8. The zero-order chi connectivity index (χ0) is 22.3. The molecule has 10 heteroatoms. The number of carbonyl (C=O) groups excluding carboxylic acids is 2. The number of amides is 2. The molecule has 2 heterocycles. The zero-order valence-electron chi connectivity index (χ0n) is 16.2. The highest BCUT2D eigenvalue weighted by Gasteiger charge is 2.40. The molecule has 2 aromatic carbocycles. The predicted octanol–water partition coefficient (Wildman–Crippen LogP) is 4.71. The van der Waals surface area contributed by atoms with Crippen LogP contribution >= 0.6 is 11.6 Å². The maximum atomic E-state index is 13.8. The Bertz CT molecular complexity index is 1170. The fraction of sp³-hybridized carbons (Fsp3) is 0.190. The summed E-state index contributed by atoms with van der Waals surface area (Å²) in [5.74, 6) is -1.03. The Kier molecular flexibility index (Phi) is 5.22. The van der Waals surface area contributed by atoms with Gasteiger partial charge in [-0.05, 0) is 54.4 Å². The number of anilines is 2. The van der Waals surface area contributed by atoms with Crippen molar-refractivity contribution in [1.82, 2.24) is 9.78 Å². The van der Waals surface area contributed by atoms with E-state index in [1.165, 1.54) is 31.2 Å². The summed E-state index contributed by atoms with van der Waals surface area (Å²) in [6.45, 7) is 1.98. The SMILES string of the molecule is CC(=O)N1CCc2cc(NC(=O)c3cnn(-c4ccc(Cl)cc4)c3C(F)(F)F)ccc21. The Balaban J connectivity index is 1.65. The number of aromatic nitrogens is 2. The molecule has 1 N–H and O–H groups in total. The van der Waals surface area contributed by atoms with E-state index in [-0.39, 0.29) is 11.6 Å². The molecule has 2 amide bonds. The first-order valence-corrected chi connectivity index (χ1v) is 9.66. The second-order valence-electron chi connectivity index (χ2n) is 7.01. The molecule has 1 aromatic heterocycles. The minimum absolute atomic E-state index is 0.0973. The van der Waals surface area contributed by atoms with E-state index in [9.17, 15) is 22.8 Å². The van der Waals surface area contributed by atoms with Crippen molar-refractivity contribution in [2.75, 3.05) is 16.8 Å². The van der Waals surface area contributed by atoms with Gasteiger partial charge in [0.25, 0.3) is 5.91 Å². The van der Waals surface area contributed by atoms with Gasteiger partial charge < -0.3 is 10.2 Å². The van der Waals surface area contributed by atoms with Crippen molar-refractivity contribution in [3.63, 3.8) is 0 Å². The van der Waals surface area contributed by atoms with Crippen LogP contribution < -0.4 is 10.2 Å². The number of fused-ring (bicyclic) bond motifs is 1. The van der Waals surface area contributed by atoms with E-state index in [0.717, 1.165) is 17.4 Å². The van der Waals surface area contributed by atoms with Gasteiger partial charge in [-0.2, -0.15) is 18.3 Å². The lowest BCUT2D eigenvalue weighted by atomic mass is 10.1. The van der Waals surface area contributed by atoms with Gasteiger partial charge in [-0.15, -0.1) is 0 Å². The lowest BCUT2D eigenvalue weighted by Crippen LogP contribution is -2.25. The van der Waals surface area contributed by atoms with Crippen LogP contribution in [0.1, 0.15) is 28.5 Å². The molecule has 1 aliphatic rings. The monoisotopic (exact) mass is 448 g/mol. The molecule has 0 atom stereocenters. The highest BCUT2D eigenvalue weighted by Crippen LogP contribution is 2.35. The standard InChI is InChI=1S/C21H16ClF3N4O2/c1-12(30)28-9-8-13-10-15(4-7-18(13)28)27-20(31)17-11-26-29(19(17)21(23,24)25)16-5-2-14(22)3-6-16/h2-7,10-11H,8-9H2,1H3,(H,27,31). The normalized spacial score (nSPS) is 13.3. The average Bonchev–Trinajstić information content (AvgIpc) is 3.32. The highest BCUT2D eigenvalue weighted by atomic mass is 35.5. The first-order chi connectivity index (χ1) is 14.6. The third-order valence-electron chi connectivity index (χ3n) is 4.97. The minimum Gasteiger partial charge on any atom is -0.322 e. The van der Waals surface area contributed by atoms with E-state index < -0.39 is 23.3 Å². The Labute approximate surface area is 180 Å². The molecule has 1 aliphatic heterocycles. The molecule has 0 aliphatic carbocycles. The smallest absolute Gasteiger partial charge is 0.322 e. The molecule has 6 nitrogen and oxygen atoms in total. The van der Waals surface area contributed by atoms with Crippen molar-refractivity contribution in [2.45, 2.75) is 19.5 Å². The summed E-state index contributed by atoms with van der Waals surface area (Å²) in [7, 11) is 0. The first-order valence-electron chi connectivity index (χ1n) is 9.28. The van der Waals surface area contributed by atoms with E-state index in [4.69, 9.17) is 11.6 Å². The average molecular weight is 449 g/mol. The van der Waals surface area contributed by atoms with Gasteiger partial charge in [0.05, 0.1) is 17.4 Å². The van der Waals surface area contributed by atoms with Crippen LogP contribution in [0.5, 0.6) is 0 Å². The molecule has 0 radical (unpaired) electrons. The first kappa shape index (κ1) is 20.9. The minimum atomic E-state index is -4.82. The molecule has 31 heavy (non-hydrogen) atoms. The molecule has 0 bridgehead atoms. The number of benzene rings is 2. The van der Waals surface area contributed by atoms with Gasteiger partial charge in [-0.1, -0.05) is 11.6 Å². The second-order valence-corrected chi connectivity index (χ2v) is 7.45. The van der Waals surface area contributed by atoms with Crippen molar-refractivity contribution in [2.24, 2.45) is 0 Å². The van der Waals surface area contributed by atoms with Crippen molar-refractivity contribution in [1.29, 1.82) is 0 Å². The van der Waals surface area contributed by atoms with Crippen LogP contribution in [0.4, 0.5) is 24.5 Å². The molecule has 0 saturated carbocycles. The zero-order valence-corrected chi connectivity index (χ0v) is 17.0. The topological polar surface area (TPSA) is 67.2 Å². The van der Waals surface area contributed by atoms with Crippen LogP contribution in [0.2, 0.25) is 5.02 Å². The predicted molar refractivity (Wildman–Crippen MR) is 110 cm³/mol. The summed E-state index contributed by atoms with van der Waals surface area (Å²) in [5.41, 5.74) is 0.238. The lowest BCUT2D eigenvalue weighted by Gasteiger charge is -2.15. The molecule has 4 rings (SSSR count). The van der Waals surface area contributed by atoms with Crippen molar-refractivity contribution in [3.8, 4) is 5.69 Å². The fourth-order valence-electron chi connectivity index (χ4n) is 3.57. The van der Waals surface area contributed by atoms with Crippen molar-refractivity contribution < 1.29 is 22.8 Å². The van der Waals surface area contributed by atoms with E-state index >= 15 is 0 Å². The van der Waals surface area contributed by atoms with Gasteiger partial charge in [0, 0.05) is 29.9 Å². The van der Waals surface area contributed by atoms with Crippen LogP contribution in [-0.4, -0.2) is 28.1 Å². The Hall–Kier alpha value is -3.33. The Morgan fingerprint density at radius 3 is 2.48 bits per heavy atom. The summed E-state index contributed by atoms with van der Waals surface area (Å²) in [6, 6.07) is 10.5. The number of nitrogens with zero attached hydrogens (tertiary/aromatic N) is 3. The van der Waals surface area contributed by atoms with Crippen LogP contribution in [0.15, 0.2) is 48.7 Å². The summed E-state index contributed by atoms with van der Waals surface area (Å²) in [5, 5.41) is 6.65. The van der Waals surface area contributed by atoms with Gasteiger partial charge in [0.15, 0.2) is 5.69 Å². The Morgan fingerprint density at radius 1 is 1.13 bits per heavy atom.